The molecule has 0 saturated heterocycles. The van der Waals surface area contributed by atoms with Crippen LogP contribution in [0.15, 0.2) is 38.5 Å². The molecule has 0 atom stereocenters. The molecule has 1 aromatic carbocycles. The highest BCUT2D eigenvalue weighted by Gasteiger charge is 2.20. The Kier molecular flexibility index (Phi) is 3.57. The van der Waals surface area contributed by atoms with E-state index in [0.717, 1.165) is 6.07 Å². The quantitative estimate of drug-likeness (QED) is 0.429. The summed E-state index contributed by atoms with van der Waals surface area (Å²) in [4.78, 5) is 20.4. The topological polar surface area (TPSA) is 128 Å². The Morgan fingerprint density at radius 1 is 1.21 bits per heavy atom. The zero-order valence-corrected chi connectivity index (χ0v) is 12.6. The summed E-state index contributed by atoms with van der Waals surface area (Å²) >= 11 is 0. The molecule has 0 bridgehead atoms. The van der Waals surface area contributed by atoms with Gasteiger partial charge in [0, 0.05) is 18.7 Å². The van der Waals surface area contributed by atoms with Gasteiger partial charge in [0.1, 0.15) is 11.2 Å². The Labute approximate surface area is 135 Å². The van der Waals surface area contributed by atoms with Crippen molar-refractivity contribution >= 4 is 29.3 Å². The van der Waals surface area contributed by atoms with Crippen molar-refractivity contribution in [1.29, 1.82) is 0 Å². The van der Waals surface area contributed by atoms with Crippen LogP contribution in [0.4, 0.5) is 11.5 Å². The summed E-state index contributed by atoms with van der Waals surface area (Å²) in [5.41, 5.74) is -0.356. The SMILES string of the molecule is C=Nc1cc(NC)nc2oc(-c3ccc(O)c(O)c3)c(O)c(=O)c12. The Balaban J connectivity index is 2.38. The van der Waals surface area contributed by atoms with Crippen LogP contribution in [0, 0.1) is 0 Å². The molecule has 8 nitrogen and oxygen atoms in total. The number of hydrogen-bond donors (Lipinski definition) is 4. The fraction of sp³-hybridized carbons (Fsp3) is 0.0625. The molecule has 0 spiro atoms. The largest absolute Gasteiger partial charge is 0.504 e. The molecular weight excluding hydrogens is 314 g/mol. The first-order valence-electron chi connectivity index (χ1n) is 6.84. The molecule has 0 unspecified atom stereocenters. The Bertz CT molecular complexity index is 1030. The second-order valence-corrected chi connectivity index (χ2v) is 4.93. The van der Waals surface area contributed by atoms with Crippen LogP contribution in [0.2, 0.25) is 0 Å². The van der Waals surface area contributed by atoms with E-state index in [-0.39, 0.29) is 33.9 Å². The zero-order chi connectivity index (χ0) is 17.4. The lowest BCUT2D eigenvalue weighted by Crippen LogP contribution is -2.05. The van der Waals surface area contributed by atoms with Crippen molar-refractivity contribution in [3.05, 3.63) is 34.5 Å². The smallest absolute Gasteiger partial charge is 0.238 e. The van der Waals surface area contributed by atoms with Gasteiger partial charge in [-0.3, -0.25) is 9.79 Å². The predicted molar refractivity (Wildman–Crippen MR) is 89.5 cm³/mol. The van der Waals surface area contributed by atoms with E-state index < -0.39 is 16.9 Å². The van der Waals surface area contributed by atoms with Crippen LogP contribution in [-0.4, -0.2) is 34.1 Å². The summed E-state index contributed by atoms with van der Waals surface area (Å²) in [6.07, 6.45) is 0. The van der Waals surface area contributed by atoms with E-state index in [9.17, 15) is 20.1 Å². The summed E-state index contributed by atoms with van der Waals surface area (Å²) in [6.45, 7) is 3.40. The fourth-order valence-corrected chi connectivity index (χ4v) is 2.28. The minimum atomic E-state index is -0.726. The maximum atomic E-state index is 12.5. The number of pyridine rings is 1. The first-order chi connectivity index (χ1) is 11.5. The number of aliphatic imine (C=N–C) groups is 1. The molecule has 0 amide bonds. The molecule has 2 aromatic heterocycles. The van der Waals surface area contributed by atoms with Gasteiger partial charge in [-0.1, -0.05) is 0 Å². The van der Waals surface area contributed by atoms with Gasteiger partial charge in [-0.2, -0.15) is 4.98 Å². The van der Waals surface area contributed by atoms with E-state index in [1.807, 2.05) is 0 Å². The highest BCUT2D eigenvalue weighted by molar-refractivity contribution is 5.91. The molecular formula is C16H13N3O5. The van der Waals surface area contributed by atoms with Crippen molar-refractivity contribution in [2.24, 2.45) is 4.99 Å². The zero-order valence-electron chi connectivity index (χ0n) is 12.6. The van der Waals surface area contributed by atoms with E-state index in [1.54, 1.807) is 7.05 Å². The van der Waals surface area contributed by atoms with Gasteiger partial charge in [-0.15, -0.1) is 0 Å². The lowest BCUT2D eigenvalue weighted by Gasteiger charge is -2.09. The van der Waals surface area contributed by atoms with E-state index >= 15 is 0 Å². The monoisotopic (exact) mass is 327 g/mol. The van der Waals surface area contributed by atoms with Crippen molar-refractivity contribution in [3.8, 4) is 28.6 Å². The summed E-state index contributed by atoms with van der Waals surface area (Å²) in [5, 5.41) is 32.0. The number of nitrogens with one attached hydrogen (secondary N) is 1. The molecule has 0 aliphatic heterocycles. The van der Waals surface area contributed by atoms with Crippen molar-refractivity contribution in [2.75, 3.05) is 12.4 Å². The molecule has 4 N–H and O–H groups in total. The number of fused-ring (bicyclic) bond motifs is 1. The van der Waals surface area contributed by atoms with E-state index in [4.69, 9.17) is 4.42 Å². The second-order valence-electron chi connectivity index (χ2n) is 4.93. The van der Waals surface area contributed by atoms with Crippen LogP contribution < -0.4 is 10.7 Å². The number of nitrogens with zero attached hydrogens (tertiary/aromatic N) is 2. The van der Waals surface area contributed by atoms with Crippen molar-refractivity contribution in [2.45, 2.75) is 0 Å². The van der Waals surface area contributed by atoms with Crippen LogP contribution >= 0.6 is 0 Å². The number of rotatable bonds is 3. The lowest BCUT2D eigenvalue weighted by molar-refractivity contribution is 0.403. The van der Waals surface area contributed by atoms with Crippen molar-refractivity contribution in [1.82, 2.24) is 4.98 Å². The Morgan fingerprint density at radius 2 is 1.96 bits per heavy atom. The first-order valence-corrected chi connectivity index (χ1v) is 6.84. The molecule has 0 radical (unpaired) electrons. The summed E-state index contributed by atoms with van der Waals surface area (Å²) < 4.78 is 5.56. The summed E-state index contributed by atoms with van der Waals surface area (Å²) in [5.74, 6) is -1.19. The Morgan fingerprint density at radius 3 is 2.58 bits per heavy atom. The van der Waals surface area contributed by atoms with Gasteiger partial charge in [0.05, 0.1) is 5.69 Å². The standard InChI is InChI=1S/C16H13N3O5/c1-17-8-6-11(18-2)19-16-12(8)13(22)14(23)15(24-16)7-3-4-9(20)10(21)5-7/h3-6,20-21,23H,1H2,2H3,(H,18,19). The van der Waals surface area contributed by atoms with E-state index in [1.165, 1.54) is 18.2 Å². The highest BCUT2D eigenvalue weighted by Crippen LogP contribution is 2.36. The minimum absolute atomic E-state index is 0.00625. The number of aromatic hydroxyl groups is 3. The van der Waals surface area contributed by atoms with Gasteiger partial charge in [-0.05, 0) is 24.9 Å². The van der Waals surface area contributed by atoms with E-state index in [0.29, 0.717) is 5.82 Å². The maximum absolute atomic E-state index is 12.5. The Hall–Kier alpha value is -3.55. The van der Waals surface area contributed by atoms with Gasteiger partial charge in [0.2, 0.25) is 16.9 Å². The van der Waals surface area contributed by atoms with Gasteiger partial charge in [-0.25, -0.2) is 0 Å². The van der Waals surface area contributed by atoms with Gasteiger partial charge < -0.3 is 25.1 Å². The summed E-state index contributed by atoms with van der Waals surface area (Å²) in [7, 11) is 1.64. The van der Waals surface area contributed by atoms with Gasteiger partial charge in [0.15, 0.2) is 17.3 Å². The van der Waals surface area contributed by atoms with Crippen molar-refractivity contribution in [3.63, 3.8) is 0 Å². The minimum Gasteiger partial charge on any atom is -0.504 e. The van der Waals surface area contributed by atoms with Crippen LogP contribution in [0.5, 0.6) is 17.2 Å². The third-order valence-corrected chi connectivity index (χ3v) is 3.49. The summed E-state index contributed by atoms with van der Waals surface area (Å²) in [6, 6.07) is 5.25. The second kappa shape index (κ2) is 5.58. The highest BCUT2D eigenvalue weighted by atomic mass is 16.4. The average Bonchev–Trinajstić information content (AvgIpc) is 2.59. The maximum Gasteiger partial charge on any atom is 0.238 e. The molecule has 122 valence electrons. The third kappa shape index (κ3) is 2.30. The van der Waals surface area contributed by atoms with Crippen LogP contribution in [0.1, 0.15) is 0 Å². The van der Waals surface area contributed by atoms with Gasteiger partial charge >= 0.3 is 0 Å². The van der Waals surface area contributed by atoms with Crippen LogP contribution in [0.25, 0.3) is 22.4 Å². The first kappa shape index (κ1) is 15.3. The predicted octanol–water partition coefficient (Wildman–Crippen LogP) is 2.35. The van der Waals surface area contributed by atoms with Gasteiger partial charge in [0.25, 0.3) is 0 Å². The molecule has 3 aromatic rings. The van der Waals surface area contributed by atoms with Crippen molar-refractivity contribution < 1.29 is 19.7 Å². The number of phenols is 2. The molecule has 8 heteroatoms. The lowest BCUT2D eigenvalue weighted by atomic mass is 10.1. The van der Waals surface area contributed by atoms with Crippen LogP contribution in [-0.2, 0) is 0 Å². The molecule has 0 aliphatic carbocycles. The normalized spacial score (nSPS) is 10.7. The average molecular weight is 327 g/mol. The molecule has 2 heterocycles. The number of aromatic nitrogens is 1. The van der Waals surface area contributed by atoms with E-state index in [2.05, 4.69) is 22.0 Å². The molecule has 24 heavy (non-hydrogen) atoms. The number of hydrogen-bond acceptors (Lipinski definition) is 8. The number of benzene rings is 1. The molecule has 0 saturated carbocycles. The molecule has 3 rings (SSSR count). The fourth-order valence-electron chi connectivity index (χ4n) is 2.28. The number of phenolic OH excluding ortho intramolecular Hbond substituents is 2. The number of anilines is 1. The molecule has 0 fully saturated rings. The third-order valence-electron chi connectivity index (χ3n) is 3.49. The van der Waals surface area contributed by atoms with Crippen LogP contribution in [0.3, 0.4) is 0 Å². The molecule has 0 aliphatic rings.